The highest BCUT2D eigenvalue weighted by molar-refractivity contribution is 7.89. The summed E-state index contributed by atoms with van der Waals surface area (Å²) in [4.78, 5) is 0.0580. The van der Waals surface area contributed by atoms with Crippen LogP contribution in [0.3, 0.4) is 0 Å². The molecule has 0 atom stereocenters. The summed E-state index contributed by atoms with van der Waals surface area (Å²) in [5.74, 6) is 0.746. The van der Waals surface area contributed by atoms with Gasteiger partial charge in [0.25, 0.3) is 0 Å². The largest absolute Gasteiger partial charge is 0.497 e. The highest BCUT2D eigenvalue weighted by Gasteiger charge is 2.26. The number of hydrogen-bond acceptors (Lipinski definition) is 4. The van der Waals surface area contributed by atoms with Gasteiger partial charge in [-0.05, 0) is 23.3 Å². The van der Waals surface area contributed by atoms with Crippen LogP contribution < -0.4 is 14.2 Å². The van der Waals surface area contributed by atoms with Gasteiger partial charge >= 0.3 is 0 Å². The number of benzene rings is 3. The van der Waals surface area contributed by atoms with E-state index >= 15 is 0 Å². The van der Waals surface area contributed by atoms with E-state index in [1.54, 1.807) is 12.1 Å². The van der Waals surface area contributed by atoms with Gasteiger partial charge in [-0.25, -0.2) is 8.42 Å². The maximum atomic E-state index is 13.1. The Bertz CT molecular complexity index is 950. The molecule has 0 aromatic heterocycles. The van der Waals surface area contributed by atoms with Crippen molar-refractivity contribution < 1.29 is 17.9 Å². The summed E-state index contributed by atoms with van der Waals surface area (Å²) < 4.78 is 39.5. The number of hydrogen-bond donors (Lipinski definition) is 1. The standard InChI is InChI=1S/C21H21NO4S/c1-25-18-13-14-20(19(15-18)26-2)27(23,24)22-21(16-9-5-3-6-10-16)17-11-7-4-8-12-17/h3-15,21-22H,1-2H3. The lowest BCUT2D eigenvalue weighted by Gasteiger charge is -2.21. The molecule has 0 fully saturated rings. The smallest absolute Gasteiger partial charge is 0.245 e. The summed E-state index contributed by atoms with van der Waals surface area (Å²) >= 11 is 0. The summed E-state index contributed by atoms with van der Waals surface area (Å²) in [5, 5.41) is 0. The van der Waals surface area contributed by atoms with Crippen LogP contribution in [0.1, 0.15) is 17.2 Å². The zero-order valence-corrected chi connectivity index (χ0v) is 15.9. The average molecular weight is 383 g/mol. The molecule has 0 spiro atoms. The second-order valence-corrected chi connectivity index (χ2v) is 7.57. The first kappa shape index (κ1) is 18.9. The Labute approximate surface area is 159 Å². The highest BCUT2D eigenvalue weighted by Crippen LogP contribution is 2.31. The van der Waals surface area contributed by atoms with E-state index in [4.69, 9.17) is 9.47 Å². The fourth-order valence-corrected chi connectivity index (χ4v) is 4.20. The Kier molecular flexibility index (Phi) is 5.78. The van der Waals surface area contributed by atoms with Gasteiger partial charge in [-0.2, -0.15) is 4.72 Å². The van der Waals surface area contributed by atoms with Gasteiger partial charge in [0.1, 0.15) is 16.4 Å². The molecule has 1 N–H and O–H groups in total. The first-order valence-electron chi connectivity index (χ1n) is 8.39. The predicted molar refractivity (Wildman–Crippen MR) is 105 cm³/mol. The average Bonchev–Trinajstić information content (AvgIpc) is 2.72. The second kappa shape index (κ2) is 8.24. The third-order valence-corrected chi connectivity index (χ3v) is 5.66. The quantitative estimate of drug-likeness (QED) is 0.674. The number of nitrogens with one attached hydrogen (secondary N) is 1. The lowest BCUT2D eigenvalue weighted by molar-refractivity contribution is 0.386. The van der Waals surface area contributed by atoms with Crippen molar-refractivity contribution in [2.45, 2.75) is 10.9 Å². The van der Waals surface area contributed by atoms with Gasteiger partial charge in [0, 0.05) is 6.07 Å². The van der Waals surface area contributed by atoms with Gasteiger partial charge < -0.3 is 9.47 Å². The highest BCUT2D eigenvalue weighted by atomic mass is 32.2. The van der Waals surface area contributed by atoms with Crippen molar-refractivity contribution in [2.24, 2.45) is 0 Å². The van der Waals surface area contributed by atoms with Crippen LogP contribution in [0.2, 0.25) is 0 Å². The van der Waals surface area contributed by atoms with Gasteiger partial charge in [0.2, 0.25) is 10.0 Å². The van der Waals surface area contributed by atoms with Gasteiger partial charge in [-0.1, -0.05) is 60.7 Å². The molecule has 3 aromatic rings. The fraction of sp³-hybridized carbons (Fsp3) is 0.143. The van der Waals surface area contributed by atoms with E-state index in [0.717, 1.165) is 11.1 Å². The van der Waals surface area contributed by atoms with Crippen molar-refractivity contribution in [2.75, 3.05) is 14.2 Å². The van der Waals surface area contributed by atoms with Crippen molar-refractivity contribution in [3.63, 3.8) is 0 Å². The molecular formula is C21H21NO4S. The van der Waals surface area contributed by atoms with E-state index in [9.17, 15) is 8.42 Å². The molecule has 0 saturated heterocycles. The molecule has 0 aliphatic rings. The van der Waals surface area contributed by atoms with Crippen LogP contribution in [0.25, 0.3) is 0 Å². The van der Waals surface area contributed by atoms with Gasteiger partial charge in [0.15, 0.2) is 0 Å². The molecule has 5 nitrogen and oxygen atoms in total. The van der Waals surface area contributed by atoms with Gasteiger partial charge in [0.05, 0.1) is 20.3 Å². The third kappa shape index (κ3) is 4.30. The maximum Gasteiger partial charge on any atom is 0.245 e. The Hall–Kier alpha value is -2.83. The van der Waals surface area contributed by atoms with Crippen molar-refractivity contribution in [3.8, 4) is 11.5 Å². The van der Waals surface area contributed by atoms with Crippen LogP contribution in [0.5, 0.6) is 11.5 Å². The SMILES string of the molecule is COc1ccc(S(=O)(=O)NC(c2ccccc2)c2ccccc2)c(OC)c1. The summed E-state index contributed by atoms with van der Waals surface area (Å²) in [6.45, 7) is 0. The van der Waals surface area contributed by atoms with E-state index in [-0.39, 0.29) is 10.6 Å². The van der Waals surface area contributed by atoms with E-state index in [0.29, 0.717) is 5.75 Å². The molecule has 6 heteroatoms. The Balaban J connectivity index is 2.03. The Morgan fingerprint density at radius 2 is 1.33 bits per heavy atom. The Morgan fingerprint density at radius 3 is 1.81 bits per heavy atom. The molecule has 0 radical (unpaired) electrons. The molecule has 0 aliphatic carbocycles. The normalized spacial score (nSPS) is 11.4. The lowest BCUT2D eigenvalue weighted by Crippen LogP contribution is -2.29. The molecular weight excluding hydrogens is 362 g/mol. The molecule has 0 bridgehead atoms. The molecule has 0 amide bonds. The molecule has 27 heavy (non-hydrogen) atoms. The molecule has 0 unspecified atom stereocenters. The van der Waals surface area contributed by atoms with Crippen LogP contribution in [0.15, 0.2) is 83.8 Å². The van der Waals surface area contributed by atoms with Crippen LogP contribution in [-0.2, 0) is 10.0 Å². The molecule has 0 heterocycles. The van der Waals surface area contributed by atoms with Crippen molar-refractivity contribution in [1.29, 1.82) is 0 Å². The van der Waals surface area contributed by atoms with E-state index in [1.165, 1.54) is 20.3 Å². The number of methoxy groups -OCH3 is 2. The summed E-state index contributed by atoms with van der Waals surface area (Å²) in [7, 11) is -0.908. The topological polar surface area (TPSA) is 64.6 Å². The minimum atomic E-state index is -3.85. The molecule has 140 valence electrons. The van der Waals surface area contributed by atoms with Crippen LogP contribution in [-0.4, -0.2) is 22.6 Å². The molecule has 0 saturated carbocycles. The first-order chi connectivity index (χ1) is 13.0. The molecule has 3 rings (SSSR count). The second-order valence-electron chi connectivity index (χ2n) is 5.89. The van der Waals surface area contributed by atoms with Crippen LogP contribution >= 0.6 is 0 Å². The maximum absolute atomic E-state index is 13.1. The van der Waals surface area contributed by atoms with Gasteiger partial charge in [-0.15, -0.1) is 0 Å². The first-order valence-corrected chi connectivity index (χ1v) is 9.87. The minimum Gasteiger partial charge on any atom is -0.497 e. The fourth-order valence-electron chi connectivity index (χ4n) is 2.84. The molecule has 3 aromatic carbocycles. The number of rotatable bonds is 7. The predicted octanol–water partition coefficient (Wildman–Crippen LogP) is 3.77. The van der Waals surface area contributed by atoms with Crippen molar-refractivity contribution in [3.05, 3.63) is 90.0 Å². The van der Waals surface area contributed by atoms with E-state index < -0.39 is 16.1 Å². The van der Waals surface area contributed by atoms with Crippen LogP contribution in [0, 0.1) is 0 Å². The number of ether oxygens (including phenoxy) is 2. The number of sulfonamides is 1. The third-order valence-electron chi connectivity index (χ3n) is 4.20. The Morgan fingerprint density at radius 1 is 0.778 bits per heavy atom. The van der Waals surface area contributed by atoms with E-state index in [1.807, 2.05) is 60.7 Å². The van der Waals surface area contributed by atoms with Crippen molar-refractivity contribution >= 4 is 10.0 Å². The minimum absolute atomic E-state index is 0.0580. The summed E-state index contributed by atoms with van der Waals surface area (Å²) in [5.41, 5.74) is 1.69. The van der Waals surface area contributed by atoms with Gasteiger partial charge in [-0.3, -0.25) is 0 Å². The van der Waals surface area contributed by atoms with E-state index in [2.05, 4.69) is 4.72 Å². The summed E-state index contributed by atoms with van der Waals surface area (Å²) in [6.07, 6.45) is 0. The molecule has 0 aliphatic heterocycles. The zero-order chi connectivity index (χ0) is 19.3. The lowest BCUT2D eigenvalue weighted by atomic mass is 10.00. The van der Waals surface area contributed by atoms with Crippen molar-refractivity contribution in [1.82, 2.24) is 4.72 Å². The zero-order valence-electron chi connectivity index (χ0n) is 15.1. The monoisotopic (exact) mass is 383 g/mol. The summed E-state index contributed by atoms with van der Waals surface area (Å²) in [6, 6.07) is 23.0. The van der Waals surface area contributed by atoms with Crippen LogP contribution in [0.4, 0.5) is 0 Å².